The summed E-state index contributed by atoms with van der Waals surface area (Å²) in [6.07, 6.45) is 0.527. The number of aliphatic hydroxyl groups excluding tert-OH is 1. The molecule has 0 aliphatic carbocycles. The van der Waals surface area contributed by atoms with Crippen LogP contribution in [0.15, 0.2) is 0 Å². The van der Waals surface area contributed by atoms with Gasteiger partial charge >= 0.3 is 12.0 Å². The topological polar surface area (TPSA) is 89.9 Å². The predicted molar refractivity (Wildman–Crippen MR) is 63.7 cm³/mol. The number of carbonyl (C=O) groups is 2. The lowest BCUT2D eigenvalue weighted by Gasteiger charge is -2.19. The molecule has 0 aromatic heterocycles. The minimum absolute atomic E-state index is 0.113. The summed E-state index contributed by atoms with van der Waals surface area (Å²) in [7, 11) is 1.55. The number of aliphatic hydroxyl groups is 1. The third-order valence-corrected chi connectivity index (χ3v) is 2.39. The van der Waals surface area contributed by atoms with Crippen LogP contribution in [-0.4, -0.2) is 53.9 Å². The zero-order valence-corrected chi connectivity index (χ0v) is 10.6. The number of aliphatic carboxylic acids is 1. The van der Waals surface area contributed by atoms with Crippen LogP contribution < -0.4 is 5.32 Å². The molecule has 0 radical (unpaired) electrons. The van der Waals surface area contributed by atoms with Crippen molar-refractivity contribution in [2.45, 2.75) is 20.3 Å². The highest BCUT2D eigenvalue weighted by molar-refractivity contribution is 5.75. The Hall–Kier alpha value is -1.30. The minimum Gasteiger partial charge on any atom is -0.481 e. The van der Waals surface area contributed by atoms with Crippen molar-refractivity contribution >= 4 is 12.0 Å². The van der Waals surface area contributed by atoms with Gasteiger partial charge < -0.3 is 20.4 Å². The fraction of sp³-hybridized carbons (Fsp3) is 0.818. The van der Waals surface area contributed by atoms with Crippen molar-refractivity contribution in [2.24, 2.45) is 11.8 Å². The standard InChI is InChI=1S/C11H22N2O4/c1-8(2)6-9(10(15)16)7-12-11(17)13(3)4-5-14/h8-9,14H,4-7H2,1-3H3,(H,12,17)(H,15,16). The van der Waals surface area contributed by atoms with Crippen LogP contribution in [0.4, 0.5) is 4.79 Å². The van der Waals surface area contributed by atoms with E-state index in [1.165, 1.54) is 4.90 Å². The zero-order valence-electron chi connectivity index (χ0n) is 10.6. The first-order valence-electron chi connectivity index (χ1n) is 5.71. The number of carboxylic acids is 1. The largest absolute Gasteiger partial charge is 0.481 e. The molecule has 2 amide bonds. The van der Waals surface area contributed by atoms with Gasteiger partial charge in [-0.3, -0.25) is 4.79 Å². The first-order chi connectivity index (χ1) is 7.88. The molecule has 0 aromatic carbocycles. The molecule has 0 spiro atoms. The number of carbonyl (C=O) groups excluding carboxylic acids is 1. The number of likely N-dealkylation sites (N-methyl/N-ethyl adjacent to an activating group) is 1. The molecule has 0 aromatic rings. The van der Waals surface area contributed by atoms with Gasteiger partial charge in [-0.15, -0.1) is 0 Å². The Morgan fingerprint density at radius 2 is 1.94 bits per heavy atom. The molecule has 0 fully saturated rings. The summed E-state index contributed by atoms with van der Waals surface area (Å²) in [5.41, 5.74) is 0. The molecule has 1 atom stereocenters. The van der Waals surface area contributed by atoms with Crippen LogP contribution in [0, 0.1) is 11.8 Å². The van der Waals surface area contributed by atoms with Gasteiger partial charge in [-0.25, -0.2) is 4.79 Å². The van der Waals surface area contributed by atoms with Gasteiger partial charge in [0.15, 0.2) is 0 Å². The summed E-state index contributed by atoms with van der Waals surface area (Å²) in [4.78, 5) is 23.7. The average Bonchev–Trinajstić information content (AvgIpc) is 2.23. The summed E-state index contributed by atoms with van der Waals surface area (Å²) in [5, 5.41) is 20.2. The second-order valence-corrected chi connectivity index (χ2v) is 4.50. The van der Waals surface area contributed by atoms with E-state index < -0.39 is 11.9 Å². The third kappa shape index (κ3) is 6.78. The van der Waals surface area contributed by atoms with Gasteiger partial charge in [-0.1, -0.05) is 13.8 Å². The summed E-state index contributed by atoms with van der Waals surface area (Å²) in [5.74, 6) is -1.20. The Bertz CT molecular complexity index is 256. The maximum atomic E-state index is 11.5. The highest BCUT2D eigenvalue weighted by atomic mass is 16.4. The van der Waals surface area contributed by atoms with Gasteiger partial charge in [0.1, 0.15) is 0 Å². The second kappa shape index (κ2) is 7.89. The van der Waals surface area contributed by atoms with E-state index in [4.69, 9.17) is 10.2 Å². The molecule has 6 nitrogen and oxygen atoms in total. The van der Waals surface area contributed by atoms with E-state index in [1.54, 1.807) is 7.05 Å². The number of rotatable bonds is 7. The van der Waals surface area contributed by atoms with Gasteiger partial charge in [0.25, 0.3) is 0 Å². The molecular weight excluding hydrogens is 224 g/mol. The molecule has 17 heavy (non-hydrogen) atoms. The Labute approximate surface area is 102 Å². The van der Waals surface area contributed by atoms with Gasteiger partial charge in [-0.2, -0.15) is 0 Å². The molecule has 0 saturated heterocycles. The molecule has 100 valence electrons. The summed E-state index contributed by atoms with van der Waals surface area (Å²) in [6.45, 7) is 4.11. The van der Waals surface area contributed by atoms with Crippen molar-refractivity contribution in [3.05, 3.63) is 0 Å². The van der Waals surface area contributed by atoms with Crippen LogP contribution in [0.2, 0.25) is 0 Å². The number of amides is 2. The van der Waals surface area contributed by atoms with Gasteiger partial charge in [0.2, 0.25) is 0 Å². The molecule has 0 aliphatic heterocycles. The normalized spacial score (nSPS) is 12.3. The lowest BCUT2D eigenvalue weighted by molar-refractivity contribution is -0.142. The number of nitrogens with zero attached hydrogens (tertiary/aromatic N) is 1. The van der Waals surface area contributed by atoms with Crippen molar-refractivity contribution in [3.8, 4) is 0 Å². The maximum absolute atomic E-state index is 11.5. The molecule has 3 N–H and O–H groups in total. The molecular formula is C11H22N2O4. The Kier molecular flexibility index (Phi) is 7.29. The summed E-state index contributed by atoms with van der Waals surface area (Å²) in [6, 6.07) is -0.367. The molecule has 0 saturated carbocycles. The average molecular weight is 246 g/mol. The van der Waals surface area contributed by atoms with Crippen LogP contribution >= 0.6 is 0 Å². The van der Waals surface area contributed by atoms with Crippen molar-refractivity contribution in [1.82, 2.24) is 10.2 Å². The number of urea groups is 1. The van der Waals surface area contributed by atoms with Crippen LogP contribution in [0.25, 0.3) is 0 Å². The number of hydrogen-bond acceptors (Lipinski definition) is 3. The van der Waals surface area contributed by atoms with Crippen LogP contribution in [0.5, 0.6) is 0 Å². The van der Waals surface area contributed by atoms with E-state index in [0.29, 0.717) is 6.42 Å². The van der Waals surface area contributed by atoms with Crippen molar-refractivity contribution < 1.29 is 19.8 Å². The van der Waals surface area contributed by atoms with Crippen molar-refractivity contribution in [1.29, 1.82) is 0 Å². The Morgan fingerprint density at radius 3 is 2.35 bits per heavy atom. The number of carboxylic acid groups (broad SMARTS) is 1. The van der Waals surface area contributed by atoms with E-state index >= 15 is 0 Å². The Balaban J connectivity index is 4.12. The van der Waals surface area contributed by atoms with Crippen LogP contribution in [0.1, 0.15) is 20.3 Å². The Morgan fingerprint density at radius 1 is 1.35 bits per heavy atom. The van der Waals surface area contributed by atoms with Gasteiger partial charge in [-0.05, 0) is 12.3 Å². The predicted octanol–water partition coefficient (Wildman–Crippen LogP) is 0.367. The van der Waals surface area contributed by atoms with Crippen molar-refractivity contribution in [2.75, 3.05) is 26.7 Å². The zero-order chi connectivity index (χ0) is 13.4. The fourth-order valence-corrected chi connectivity index (χ4v) is 1.44. The van der Waals surface area contributed by atoms with Crippen LogP contribution in [0.3, 0.4) is 0 Å². The lowest BCUT2D eigenvalue weighted by atomic mass is 9.97. The minimum atomic E-state index is -0.899. The molecule has 1 unspecified atom stereocenters. The molecule has 6 heteroatoms. The van der Waals surface area contributed by atoms with E-state index in [0.717, 1.165) is 0 Å². The second-order valence-electron chi connectivity index (χ2n) is 4.50. The molecule has 0 heterocycles. The van der Waals surface area contributed by atoms with E-state index in [2.05, 4.69) is 5.32 Å². The monoisotopic (exact) mass is 246 g/mol. The summed E-state index contributed by atoms with van der Waals surface area (Å²) < 4.78 is 0. The number of nitrogens with one attached hydrogen (secondary N) is 1. The van der Waals surface area contributed by atoms with Gasteiger partial charge in [0, 0.05) is 20.1 Å². The van der Waals surface area contributed by atoms with E-state index in [-0.39, 0.29) is 31.6 Å². The fourth-order valence-electron chi connectivity index (χ4n) is 1.44. The quantitative estimate of drug-likeness (QED) is 0.605. The molecule has 0 rings (SSSR count). The first kappa shape index (κ1) is 15.7. The van der Waals surface area contributed by atoms with Crippen LogP contribution in [-0.2, 0) is 4.79 Å². The summed E-state index contributed by atoms with van der Waals surface area (Å²) >= 11 is 0. The van der Waals surface area contributed by atoms with Crippen molar-refractivity contribution in [3.63, 3.8) is 0 Å². The number of hydrogen-bond donors (Lipinski definition) is 3. The SMILES string of the molecule is CC(C)CC(CNC(=O)N(C)CCO)C(=O)O. The van der Waals surface area contributed by atoms with E-state index in [9.17, 15) is 9.59 Å². The van der Waals surface area contributed by atoms with E-state index in [1.807, 2.05) is 13.8 Å². The highest BCUT2D eigenvalue weighted by Gasteiger charge is 2.20. The lowest BCUT2D eigenvalue weighted by Crippen LogP contribution is -2.42. The maximum Gasteiger partial charge on any atom is 0.317 e. The molecule has 0 bridgehead atoms. The molecule has 0 aliphatic rings. The van der Waals surface area contributed by atoms with Gasteiger partial charge in [0.05, 0.1) is 12.5 Å². The third-order valence-electron chi connectivity index (χ3n) is 2.39. The highest BCUT2D eigenvalue weighted by Crippen LogP contribution is 2.11. The first-order valence-corrected chi connectivity index (χ1v) is 5.71. The smallest absolute Gasteiger partial charge is 0.317 e.